The zero-order valence-corrected chi connectivity index (χ0v) is 11.9. The van der Waals surface area contributed by atoms with Gasteiger partial charge in [0.15, 0.2) is 0 Å². The fraction of sp³-hybridized carbons (Fsp3) is 0.267. The van der Waals surface area contributed by atoms with E-state index in [9.17, 15) is 4.39 Å². The van der Waals surface area contributed by atoms with Gasteiger partial charge < -0.3 is 4.52 Å². The minimum atomic E-state index is -0.222. The summed E-state index contributed by atoms with van der Waals surface area (Å²) >= 11 is 0. The lowest BCUT2D eigenvalue weighted by Gasteiger charge is -2.01. The lowest BCUT2D eigenvalue weighted by molar-refractivity contribution is 0.393. The Bertz CT molecular complexity index is 726. The number of aryl methyl sites for hydroxylation is 4. The van der Waals surface area contributed by atoms with Gasteiger partial charge >= 0.3 is 0 Å². The third-order valence-corrected chi connectivity index (χ3v) is 3.37. The number of hydrogen-bond donors (Lipinski definition) is 0. The first-order chi connectivity index (χ1) is 10.1. The van der Waals surface area contributed by atoms with Crippen molar-refractivity contribution in [2.75, 3.05) is 0 Å². The fourth-order valence-electron chi connectivity index (χ4n) is 2.27. The van der Waals surface area contributed by atoms with Gasteiger partial charge in [0.1, 0.15) is 17.3 Å². The topological polar surface area (TPSA) is 56.7 Å². The standard InChI is InChI=1S/C15H15FN4O/c1-10-15(11(2)21-18-10)14-9-20(19-17-14)8-7-12-3-5-13(16)6-4-12/h3-6,9H,7-8H2,1-2H3. The lowest BCUT2D eigenvalue weighted by Crippen LogP contribution is -2.02. The molecule has 0 saturated carbocycles. The smallest absolute Gasteiger partial charge is 0.143 e. The first kappa shape index (κ1) is 13.5. The molecule has 1 aromatic carbocycles. The molecule has 108 valence electrons. The van der Waals surface area contributed by atoms with Crippen molar-refractivity contribution in [3.8, 4) is 11.3 Å². The number of aromatic nitrogens is 4. The quantitative estimate of drug-likeness (QED) is 0.740. The molecule has 5 nitrogen and oxygen atoms in total. The zero-order chi connectivity index (χ0) is 14.8. The van der Waals surface area contributed by atoms with Crippen molar-refractivity contribution in [2.24, 2.45) is 0 Å². The third kappa shape index (κ3) is 2.84. The summed E-state index contributed by atoms with van der Waals surface area (Å²) in [6.07, 6.45) is 2.64. The summed E-state index contributed by atoms with van der Waals surface area (Å²) in [6, 6.07) is 6.49. The van der Waals surface area contributed by atoms with E-state index in [4.69, 9.17) is 4.52 Å². The molecule has 0 aliphatic carbocycles. The molecule has 6 heteroatoms. The molecule has 0 N–H and O–H groups in total. The summed E-state index contributed by atoms with van der Waals surface area (Å²) in [5.41, 5.74) is 3.51. The van der Waals surface area contributed by atoms with E-state index < -0.39 is 0 Å². The molecule has 0 radical (unpaired) electrons. The number of benzene rings is 1. The van der Waals surface area contributed by atoms with Crippen LogP contribution in [0.5, 0.6) is 0 Å². The number of halogens is 1. The van der Waals surface area contributed by atoms with Crippen LogP contribution in [0.4, 0.5) is 4.39 Å². The molecule has 0 aliphatic rings. The van der Waals surface area contributed by atoms with Crippen LogP contribution in [0, 0.1) is 19.7 Å². The predicted octanol–water partition coefficient (Wildman–Crippen LogP) is 2.93. The van der Waals surface area contributed by atoms with Gasteiger partial charge in [-0.3, -0.25) is 4.68 Å². The molecule has 2 heterocycles. The molecule has 21 heavy (non-hydrogen) atoms. The first-order valence-electron chi connectivity index (χ1n) is 6.71. The second kappa shape index (κ2) is 5.47. The van der Waals surface area contributed by atoms with E-state index in [1.54, 1.807) is 16.8 Å². The van der Waals surface area contributed by atoms with E-state index in [0.29, 0.717) is 6.54 Å². The summed E-state index contributed by atoms with van der Waals surface area (Å²) in [5, 5.41) is 12.2. The highest BCUT2D eigenvalue weighted by atomic mass is 19.1. The highest BCUT2D eigenvalue weighted by Gasteiger charge is 2.14. The Kier molecular flexibility index (Phi) is 3.51. The van der Waals surface area contributed by atoms with E-state index in [2.05, 4.69) is 15.5 Å². The van der Waals surface area contributed by atoms with Gasteiger partial charge in [0.25, 0.3) is 0 Å². The molecule has 3 aromatic rings. The van der Waals surface area contributed by atoms with Crippen LogP contribution in [-0.4, -0.2) is 20.2 Å². The van der Waals surface area contributed by atoms with Gasteiger partial charge in [0.2, 0.25) is 0 Å². The van der Waals surface area contributed by atoms with Crippen LogP contribution in [0.3, 0.4) is 0 Å². The molecule has 0 aliphatic heterocycles. The maximum Gasteiger partial charge on any atom is 0.143 e. The number of rotatable bonds is 4. The highest BCUT2D eigenvalue weighted by molar-refractivity contribution is 5.62. The fourth-order valence-corrected chi connectivity index (χ4v) is 2.27. The van der Waals surface area contributed by atoms with Crippen molar-refractivity contribution >= 4 is 0 Å². The van der Waals surface area contributed by atoms with Crippen LogP contribution in [-0.2, 0) is 13.0 Å². The molecular formula is C15H15FN4O. The van der Waals surface area contributed by atoms with Gasteiger partial charge in [-0.05, 0) is 38.0 Å². The molecule has 0 fully saturated rings. The van der Waals surface area contributed by atoms with Crippen molar-refractivity contribution in [1.29, 1.82) is 0 Å². The minimum Gasteiger partial charge on any atom is -0.361 e. The van der Waals surface area contributed by atoms with Crippen LogP contribution in [0.1, 0.15) is 17.0 Å². The largest absolute Gasteiger partial charge is 0.361 e. The van der Waals surface area contributed by atoms with Crippen LogP contribution < -0.4 is 0 Å². The van der Waals surface area contributed by atoms with Crippen LogP contribution in [0.25, 0.3) is 11.3 Å². The lowest BCUT2D eigenvalue weighted by atomic mass is 10.1. The predicted molar refractivity (Wildman–Crippen MR) is 75.1 cm³/mol. The molecular weight excluding hydrogens is 271 g/mol. The summed E-state index contributed by atoms with van der Waals surface area (Å²) in [5.74, 6) is 0.512. The second-order valence-electron chi connectivity index (χ2n) is 4.94. The first-order valence-corrected chi connectivity index (χ1v) is 6.71. The second-order valence-corrected chi connectivity index (χ2v) is 4.94. The maximum absolute atomic E-state index is 12.8. The van der Waals surface area contributed by atoms with Gasteiger partial charge in [-0.1, -0.05) is 22.5 Å². The Balaban J connectivity index is 1.72. The normalized spacial score (nSPS) is 11.0. The minimum absolute atomic E-state index is 0.222. The SMILES string of the molecule is Cc1noc(C)c1-c1cn(CCc2ccc(F)cc2)nn1. The Morgan fingerprint density at radius 1 is 1.19 bits per heavy atom. The zero-order valence-electron chi connectivity index (χ0n) is 11.9. The summed E-state index contributed by atoms with van der Waals surface area (Å²) in [7, 11) is 0. The Morgan fingerprint density at radius 2 is 1.95 bits per heavy atom. The monoisotopic (exact) mass is 286 g/mol. The molecule has 2 aromatic heterocycles. The average Bonchev–Trinajstić information content (AvgIpc) is 3.05. The molecule has 3 rings (SSSR count). The van der Waals surface area contributed by atoms with E-state index in [1.807, 2.05) is 20.0 Å². The Morgan fingerprint density at radius 3 is 2.62 bits per heavy atom. The van der Waals surface area contributed by atoms with Crippen molar-refractivity contribution < 1.29 is 8.91 Å². The van der Waals surface area contributed by atoms with Crippen LogP contribution in [0.15, 0.2) is 35.0 Å². The molecule has 0 atom stereocenters. The molecule has 0 spiro atoms. The van der Waals surface area contributed by atoms with E-state index in [0.717, 1.165) is 34.7 Å². The van der Waals surface area contributed by atoms with Gasteiger partial charge in [-0.2, -0.15) is 0 Å². The number of nitrogens with zero attached hydrogens (tertiary/aromatic N) is 4. The Hall–Kier alpha value is -2.50. The molecule has 0 amide bonds. The summed E-state index contributed by atoms with van der Waals surface area (Å²) in [6.45, 7) is 4.41. The summed E-state index contributed by atoms with van der Waals surface area (Å²) < 4.78 is 19.7. The average molecular weight is 286 g/mol. The third-order valence-electron chi connectivity index (χ3n) is 3.37. The summed E-state index contributed by atoms with van der Waals surface area (Å²) in [4.78, 5) is 0. The van der Waals surface area contributed by atoms with E-state index in [-0.39, 0.29) is 5.82 Å². The highest BCUT2D eigenvalue weighted by Crippen LogP contribution is 2.24. The molecule has 0 bridgehead atoms. The van der Waals surface area contributed by atoms with Crippen molar-refractivity contribution in [2.45, 2.75) is 26.8 Å². The van der Waals surface area contributed by atoms with Crippen molar-refractivity contribution in [3.05, 3.63) is 53.3 Å². The van der Waals surface area contributed by atoms with E-state index in [1.165, 1.54) is 12.1 Å². The molecule has 0 saturated heterocycles. The van der Waals surface area contributed by atoms with Gasteiger partial charge in [0.05, 0.1) is 17.5 Å². The maximum atomic E-state index is 12.8. The van der Waals surface area contributed by atoms with Crippen LogP contribution >= 0.6 is 0 Å². The van der Waals surface area contributed by atoms with Crippen LogP contribution in [0.2, 0.25) is 0 Å². The van der Waals surface area contributed by atoms with Gasteiger partial charge in [0, 0.05) is 6.54 Å². The van der Waals surface area contributed by atoms with Crippen molar-refractivity contribution in [3.63, 3.8) is 0 Å². The Labute approximate surface area is 121 Å². The number of hydrogen-bond acceptors (Lipinski definition) is 4. The molecule has 0 unspecified atom stereocenters. The van der Waals surface area contributed by atoms with Crippen molar-refractivity contribution in [1.82, 2.24) is 20.2 Å². The van der Waals surface area contributed by atoms with Gasteiger partial charge in [-0.25, -0.2) is 4.39 Å². The van der Waals surface area contributed by atoms with E-state index >= 15 is 0 Å². The van der Waals surface area contributed by atoms with Gasteiger partial charge in [-0.15, -0.1) is 5.10 Å².